The number of piperidine rings is 1. The van der Waals surface area contributed by atoms with Crippen molar-refractivity contribution in [2.45, 2.75) is 18.8 Å². The van der Waals surface area contributed by atoms with E-state index in [0.717, 1.165) is 13.0 Å². The maximum Gasteiger partial charge on any atom is 0.222 e. The summed E-state index contributed by atoms with van der Waals surface area (Å²) in [6, 6.07) is 14.9. The van der Waals surface area contributed by atoms with E-state index in [0.29, 0.717) is 12.3 Å². The van der Waals surface area contributed by atoms with Gasteiger partial charge in [-0.1, -0.05) is 42.5 Å². The number of amides is 1. The van der Waals surface area contributed by atoms with Crippen molar-refractivity contribution in [2.24, 2.45) is 0 Å². The molecule has 1 atom stereocenters. The van der Waals surface area contributed by atoms with Crippen LogP contribution in [-0.4, -0.2) is 24.4 Å². The first-order chi connectivity index (χ1) is 8.74. The van der Waals surface area contributed by atoms with Gasteiger partial charge in [0.1, 0.15) is 0 Å². The highest BCUT2D eigenvalue weighted by Crippen LogP contribution is 2.30. The molecule has 1 fully saturated rings. The Morgan fingerprint density at radius 2 is 1.89 bits per heavy atom. The largest absolute Gasteiger partial charge is 0.346 e. The average Bonchev–Trinajstić information content (AvgIpc) is 2.41. The Kier molecular flexibility index (Phi) is 2.78. The summed E-state index contributed by atoms with van der Waals surface area (Å²) in [6.45, 7) is 0.871. The smallest absolute Gasteiger partial charge is 0.222 e. The van der Waals surface area contributed by atoms with E-state index in [-0.39, 0.29) is 5.91 Å². The van der Waals surface area contributed by atoms with E-state index in [1.54, 1.807) is 0 Å². The lowest BCUT2D eigenvalue weighted by Crippen LogP contribution is -2.34. The minimum Gasteiger partial charge on any atom is -0.346 e. The molecule has 0 spiro atoms. The second-order valence-electron chi connectivity index (χ2n) is 5.11. The van der Waals surface area contributed by atoms with Crippen molar-refractivity contribution in [3.8, 4) is 0 Å². The molecule has 92 valence electrons. The van der Waals surface area contributed by atoms with E-state index in [4.69, 9.17) is 0 Å². The van der Waals surface area contributed by atoms with Crippen molar-refractivity contribution in [1.29, 1.82) is 0 Å². The third-order valence-electron chi connectivity index (χ3n) is 3.90. The van der Waals surface area contributed by atoms with Gasteiger partial charge >= 0.3 is 0 Å². The summed E-state index contributed by atoms with van der Waals surface area (Å²) in [5.74, 6) is 0.651. The second kappa shape index (κ2) is 4.45. The van der Waals surface area contributed by atoms with Crippen molar-refractivity contribution < 1.29 is 4.79 Å². The summed E-state index contributed by atoms with van der Waals surface area (Å²) in [5.41, 5.74) is 1.30. The molecule has 0 saturated carbocycles. The molecule has 2 heteroatoms. The SMILES string of the molecule is CN1CCC(c2ccc3ccccc3c2)CC1=O. The number of carbonyl (C=O) groups excluding carboxylic acids is 1. The van der Waals surface area contributed by atoms with Crippen molar-refractivity contribution in [1.82, 2.24) is 4.90 Å². The summed E-state index contributed by atoms with van der Waals surface area (Å²) in [7, 11) is 1.89. The van der Waals surface area contributed by atoms with Crippen LogP contribution in [0.3, 0.4) is 0 Å². The van der Waals surface area contributed by atoms with E-state index in [1.165, 1.54) is 16.3 Å². The number of hydrogen-bond donors (Lipinski definition) is 0. The molecular weight excluding hydrogens is 222 g/mol. The summed E-state index contributed by atoms with van der Waals surface area (Å²) in [4.78, 5) is 13.6. The fourth-order valence-electron chi connectivity index (χ4n) is 2.69. The monoisotopic (exact) mass is 239 g/mol. The fraction of sp³-hybridized carbons (Fsp3) is 0.312. The maximum atomic E-state index is 11.8. The Hall–Kier alpha value is -1.83. The molecule has 1 heterocycles. The van der Waals surface area contributed by atoms with Crippen LogP contribution in [0, 0.1) is 0 Å². The first-order valence-corrected chi connectivity index (χ1v) is 6.47. The van der Waals surface area contributed by atoms with E-state index >= 15 is 0 Å². The average molecular weight is 239 g/mol. The van der Waals surface area contributed by atoms with Gasteiger partial charge in [0, 0.05) is 20.0 Å². The minimum absolute atomic E-state index is 0.263. The number of fused-ring (bicyclic) bond motifs is 1. The Bertz CT molecular complexity index is 590. The first kappa shape index (κ1) is 11.3. The normalized spacial score (nSPS) is 20.4. The van der Waals surface area contributed by atoms with Gasteiger partial charge in [-0.2, -0.15) is 0 Å². The highest BCUT2D eigenvalue weighted by molar-refractivity contribution is 5.83. The molecule has 1 aliphatic rings. The summed E-state index contributed by atoms with van der Waals surface area (Å²) >= 11 is 0. The van der Waals surface area contributed by atoms with Crippen LogP contribution in [-0.2, 0) is 4.79 Å². The van der Waals surface area contributed by atoms with Crippen LogP contribution in [0.4, 0.5) is 0 Å². The van der Waals surface area contributed by atoms with E-state index in [2.05, 4.69) is 42.5 Å². The zero-order valence-corrected chi connectivity index (χ0v) is 10.6. The number of carbonyl (C=O) groups is 1. The van der Waals surface area contributed by atoms with Crippen molar-refractivity contribution >= 4 is 16.7 Å². The van der Waals surface area contributed by atoms with E-state index in [1.807, 2.05) is 11.9 Å². The molecule has 2 aromatic carbocycles. The molecule has 3 rings (SSSR count). The molecule has 1 saturated heterocycles. The van der Waals surface area contributed by atoms with Crippen molar-refractivity contribution in [3.05, 3.63) is 48.0 Å². The molecule has 0 N–H and O–H groups in total. The Balaban J connectivity index is 1.92. The van der Waals surface area contributed by atoms with Crippen LogP contribution in [0.15, 0.2) is 42.5 Å². The highest BCUT2D eigenvalue weighted by Gasteiger charge is 2.24. The van der Waals surface area contributed by atoms with E-state index in [9.17, 15) is 4.79 Å². The standard InChI is InChI=1S/C16H17NO/c1-17-9-8-15(11-16(17)18)14-7-6-12-4-2-3-5-13(12)10-14/h2-7,10,15H,8-9,11H2,1H3. The van der Waals surface area contributed by atoms with Crippen LogP contribution in [0.25, 0.3) is 10.8 Å². The fourth-order valence-corrected chi connectivity index (χ4v) is 2.69. The molecule has 2 aromatic rings. The minimum atomic E-state index is 0.263. The van der Waals surface area contributed by atoms with Gasteiger partial charge in [-0.05, 0) is 28.7 Å². The lowest BCUT2D eigenvalue weighted by molar-refractivity contribution is -0.132. The lowest BCUT2D eigenvalue weighted by atomic mass is 9.88. The summed E-state index contributed by atoms with van der Waals surface area (Å²) < 4.78 is 0. The quantitative estimate of drug-likeness (QED) is 0.748. The molecule has 18 heavy (non-hydrogen) atoms. The van der Waals surface area contributed by atoms with Gasteiger partial charge in [-0.3, -0.25) is 4.79 Å². The van der Waals surface area contributed by atoms with Gasteiger partial charge < -0.3 is 4.90 Å². The molecule has 1 aliphatic heterocycles. The highest BCUT2D eigenvalue weighted by atomic mass is 16.2. The van der Waals surface area contributed by atoms with Gasteiger partial charge in [-0.25, -0.2) is 0 Å². The lowest BCUT2D eigenvalue weighted by Gasteiger charge is -2.29. The molecule has 1 amide bonds. The van der Waals surface area contributed by atoms with Gasteiger partial charge in [-0.15, -0.1) is 0 Å². The molecule has 0 aromatic heterocycles. The Morgan fingerprint density at radius 1 is 1.11 bits per heavy atom. The third-order valence-corrected chi connectivity index (χ3v) is 3.90. The Labute approximate surface area is 107 Å². The number of likely N-dealkylation sites (tertiary alicyclic amines) is 1. The van der Waals surface area contributed by atoms with Crippen molar-refractivity contribution in [3.63, 3.8) is 0 Å². The molecule has 2 nitrogen and oxygen atoms in total. The number of benzene rings is 2. The molecular formula is C16H17NO. The molecule has 0 bridgehead atoms. The maximum absolute atomic E-state index is 11.8. The van der Waals surface area contributed by atoms with Gasteiger partial charge in [0.2, 0.25) is 5.91 Å². The first-order valence-electron chi connectivity index (χ1n) is 6.47. The van der Waals surface area contributed by atoms with E-state index < -0.39 is 0 Å². The van der Waals surface area contributed by atoms with Crippen molar-refractivity contribution in [2.75, 3.05) is 13.6 Å². The van der Waals surface area contributed by atoms with Gasteiger partial charge in [0.15, 0.2) is 0 Å². The van der Waals surface area contributed by atoms with Crippen LogP contribution in [0.1, 0.15) is 24.3 Å². The zero-order valence-electron chi connectivity index (χ0n) is 10.6. The third kappa shape index (κ3) is 1.99. The van der Waals surface area contributed by atoms with Gasteiger partial charge in [0.05, 0.1) is 0 Å². The predicted molar refractivity (Wildman–Crippen MR) is 73.6 cm³/mol. The topological polar surface area (TPSA) is 20.3 Å². The predicted octanol–water partition coefficient (Wildman–Crippen LogP) is 3.18. The molecule has 1 unspecified atom stereocenters. The van der Waals surface area contributed by atoms with Crippen LogP contribution >= 0.6 is 0 Å². The van der Waals surface area contributed by atoms with Crippen LogP contribution < -0.4 is 0 Å². The molecule has 0 aliphatic carbocycles. The Morgan fingerprint density at radius 3 is 2.67 bits per heavy atom. The zero-order chi connectivity index (χ0) is 12.5. The summed E-state index contributed by atoms with van der Waals surface area (Å²) in [6.07, 6.45) is 1.72. The van der Waals surface area contributed by atoms with Gasteiger partial charge in [0.25, 0.3) is 0 Å². The molecule has 0 radical (unpaired) electrons. The van der Waals surface area contributed by atoms with Crippen LogP contribution in [0.2, 0.25) is 0 Å². The summed E-state index contributed by atoms with van der Waals surface area (Å²) in [5, 5.41) is 2.53. The number of hydrogen-bond acceptors (Lipinski definition) is 1. The number of nitrogens with zero attached hydrogens (tertiary/aromatic N) is 1. The number of rotatable bonds is 1. The van der Waals surface area contributed by atoms with Crippen LogP contribution in [0.5, 0.6) is 0 Å². The second-order valence-corrected chi connectivity index (χ2v) is 5.11.